The van der Waals surface area contributed by atoms with E-state index in [-0.39, 0.29) is 14.2 Å². The first-order valence-corrected chi connectivity index (χ1v) is 7.77. The van der Waals surface area contributed by atoms with Gasteiger partial charge in [-0.3, -0.25) is 9.36 Å². The summed E-state index contributed by atoms with van der Waals surface area (Å²) in [5, 5.41) is 0.485. The minimum atomic E-state index is -0.789. The highest BCUT2D eigenvalue weighted by atomic mass is 31.1. The third-order valence-corrected chi connectivity index (χ3v) is 3.88. The molecule has 0 bridgehead atoms. The molecule has 23 heavy (non-hydrogen) atoms. The summed E-state index contributed by atoms with van der Waals surface area (Å²) < 4.78 is 27.3. The lowest BCUT2D eigenvalue weighted by Crippen LogP contribution is -2.26. The van der Waals surface area contributed by atoms with Crippen molar-refractivity contribution in [3.05, 3.63) is 48.0 Å². The van der Waals surface area contributed by atoms with E-state index in [0.29, 0.717) is 28.1 Å². The van der Waals surface area contributed by atoms with Crippen molar-refractivity contribution in [1.29, 1.82) is 0 Å². The van der Waals surface area contributed by atoms with E-state index < -0.39 is 6.10 Å². The Bertz CT molecular complexity index is 692. The fourth-order valence-corrected chi connectivity index (χ4v) is 2.54. The van der Waals surface area contributed by atoms with Crippen molar-refractivity contribution in [2.45, 2.75) is 13.0 Å². The van der Waals surface area contributed by atoms with Crippen molar-refractivity contribution in [2.75, 3.05) is 14.2 Å². The molecule has 5 nitrogen and oxygen atoms in total. The highest BCUT2D eigenvalue weighted by Crippen LogP contribution is 2.30. The van der Waals surface area contributed by atoms with E-state index in [1.807, 2.05) is 0 Å². The van der Waals surface area contributed by atoms with E-state index >= 15 is 0 Å². The molecule has 120 valence electrons. The van der Waals surface area contributed by atoms with Crippen LogP contribution in [0.25, 0.3) is 0 Å². The monoisotopic (exact) mass is 332 g/mol. The van der Waals surface area contributed by atoms with Crippen molar-refractivity contribution >= 4 is 19.5 Å². The van der Waals surface area contributed by atoms with E-state index in [1.54, 1.807) is 49.4 Å². The van der Waals surface area contributed by atoms with Crippen LogP contribution in [0.2, 0.25) is 0 Å². The number of ether oxygens (including phenoxy) is 3. The van der Waals surface area contributed by atoms with Gasteiger partial charge in [-0.1, -0.05) is 18.2 Å². The Morgan fingerprint density at radius 2 is 1.52 bits per heavy atom. The quantitative estimate of drug-likeness (QED) is 0.575. The highest BCUT2D eigenvalue weighted by molar-refractivity contribution is 7.34. The van der Waals surface area contributed by atoms with Crippen LogP contribution >= 0.6 is 8.46 Å². The molecule has 0 aliphatic heterocycles. The summed E-state index contributed by atoms with van der Waals surface area (Å²) in [7, 11) is 2.81. The number of carbonyl (C=O) groups is 1. The minimum absolute atomic E-state index is 0.164. The zero-order valence-electron chi connectivity index (χ0n) is 13.1. The van der Waals surface area contributed by atoms with Gasteiger partial charge in [-0.15, -0.1) is 0 Å². The zero-order chi connectivity index (χ0) is 16.8. The maximum Gasteiger partial charge on any atom is 0.210 e. The topological polar surface area (TPSA) is 61.8 Å². The van der Waals surface area contributed by atoms with Gasteiger partial charge in [0.2, 0.25) is 5.78 Å². The molecule has 0 aliphatic carbocycles. The molecule has 0 saturated carbocycles. The predicted octanol–water partition coefficient (Wildman–Crippen LogP) is 3.27. The fraction of sp³-hybridized carbons (Fsp3) is 0.235. The third kappa shape index (κ3) is 3.69. The molecular weight excluding hydrogens is 315 g/mol. The number of rotatable bonds is 7. The molecule has 2 aromatic rings. The van der Waals surface area contributed by atoms with E-state index in [1.165, 1.54) is 14.2 Å². The standard InChI is InChI=1S/C17H17O5P/c1-11(22-12-7-4-5-10-15(12)23-19)17(18)16-13(20-2)8-6-9-14(16)21-3/h4-11H,1-3H3. The molecule has 0 aromatic heterocycles. The number of ketones is 1. The van der Waals surface area contributed by atoms with Crippen molar-refractivity contribution in [2.24, 2.45) is 0 Å². The molecule has 0 radical (unpaired) electrons. The minimum Gasteiger partial charge on any atom is -0.496 e. The molecule has 0 amide bonds. The largest absolute Gasteiger partial charge is 0.496 e. The average Bonchev–Trinajstić information content (AvgIpc) is 2.60. The van der Waals surface area contributed by atoms with Crippen LogP contribution in [0.4, 0.5) is 0 Å². The Kier molecular flexibility index (Phi) is 5.72. The van der Waals surface area contributed by atoms with Gasteiger partial charge in [0.05, 0.1) is 19.5 Å². The lowest BCUT2D eigenvalue weighted by Gasteiger charge is -2.18. The average molecular weight is 332 g/mol. The molecular formula is C17H17O5P. The van der Waals surface area contributed by atoms with Crippen LogP contribution in [-0.4, -0.2) is 26.1 Å². The number of benzene rings is 2. The first kappa shape index (κ1) is 17.0. The molecule has 0 fully saturated rings. The Hall–Kier alpha value is -2.39. The van der Waals surface area contributed by atoms with E-state index in [0.717, 1.165) is 0 Å². The van der Waals surface area contributed by atoms with E-state index in [2.05, 4.69) is 0 Å². The van der Waals surface area contributed by atoms with E-state index in [9.17, 15) is 9.36 Å². The van der Waals surface area contributed by atoms with Crippen molar-refractivity contribution < 1.29 is 23.6 Å². The maximum atomic E-state index is 12.7. The van der Waals surface area contributed by atoms with Crippen LogP contribution in [0, 0.1) is 0 Å². The number of carbonyl (C=O) groups excluding carboxylic acids is 1. The summed E-state index contributed by atoms with van der Waals surface area (Å²) >= 11 is 0. The van der Waals surface area contributed by atoms with Crippen LogP contribution in [0.3, 0.4) is 0 Å². The van der Waals surface area contributed by atoms with Gasteiger partial charge in [0.1, 0.15) is 22.8 Å². The van der Waals surface area contributed by atoms with Gasteiger partial charge in [0.25, 0.3) is 0 Å². The fourth-order valence-electron chi connectivity index (χ4n) is 2.17. The van der Waals surface area contributed by atoms with Gasteiger partial charge in [-0.25, -0.2) is 0 Å². The molecule has 0 heterocycles. The summed E-state index contributed by atoms with van der Waals surface area (Å²) in [6.07, 6.45) is -0.789. The Morgan fingerprint density at radius 1 is 0.957 bits per heavy atom. The molecule has 0 saturated heterocycles. The maximum absolute atomic E-state index is 12.7. The van der Waals surface area contributed by atoms with Gasteiger partial charge in [0.15, 0.2) is 14.6 Å². The van der Waals surface area contributed by atoms with Gasteiger partial charge >= 0.3 is 0 Å². The molecule has 0 spiro atoms. The van der Waals surface area contributed by atoms with Crippen molar-refractivity contribution in [3.8, 4) is 17.2 Å². The summed E-state index contributed by atoms with van der Waals surface area (Å²) in [5.74, 6) is 0.954. The summed E-state index contributed by atoms with van der Waals surface area (Å²) in [5.41, 5.74) is 0.321. The number of hydrogen-bond acceptors (Lipinski definition) is 5. The second kappa shape index (κ2) is 7.75. The Balaban J connectivity index is 2.32. The zero-order valence-corrected chi connectivity index (χ0v) is 14.0. The number of methoxy groups -OCH3 is 2. The third-order valence-electron chi connectivity index (χ3n) is 3.31. The van der Waals surface area contributed by atoms with Crippen LogP contribution in [-0.2, 0) is 4.57 Å². The predicted molar refractivity (Wildman–Crippen MR) is 87.6 cm³/mol. The van der Waals surface area contributed by atoms with Gasteiger partial charge in [-0.05, 0) is 31.2 Å². The molecule has 6 heteroatoms. The van der Waals surface area contributed by atoms with Crippen molar-refractivity contribution in [3.63, 3.8) is 0 Å². The lowest BCUT2D eigenvalue weighted by atomic mass is 10.0. The molecule has 2 rings (SSSR count). The van der Waals surface area contributed by atoms with Gasteiger partial charge in [0, 0.05) is 0 Å². The first-order chi connectivity index (χ1) is 11.1. The normalized spacial score (nSPS) is 11.8. The molecule has 1 atom stereocenters. The number of Topliss-reactive ketones (excluding diaryl/α,β-unsaturated/α-hetero) is 1. The SMILES string of the molecule is COc1cccc(OC)c1C(=O)C(C)Oc1ccccc1P=O. The summed E-state index contributed by atoms with van der Waals surface area (Å²) in [6.45, 7) is 1.63. The number of hydrogen-bond donors (Lipinski definition) is 0. The molecule has 1 unspecified atom stereocenters. The lowest BCUT2D eigenvalue weighted by molar-refractivity contribution is 0.0813. The van der Waals surface area contributed by atoms with Crippen LogP contribution in [0.1, 0.15) is 17.3 Å². The Labute approximate surface area is 136 Å². The molecule has 0 aliphatic rings. The summed E-state index contributed by atoms with van der Waals surface area (Å²) in [4.78, 5) is 12.7. The number of para-hydroxylation sites is 1. The Morgan fingerprint density at radius 3 is 2.09 bits per heavy atom. The highest BCUT2D eigenvalue weighted by Gasteiger charge is 2.25. The molecule has 2 aromatic carbocycles. The van der Waals surface area contributed by atoms with Crippen LogP contribution in [0.15, 0.2) is 42.5 Å². The van der Waals surface area contributed by atoms with E-state index in [4.69, 9.17) is 14.2 Å². The summed E-state index contributed by atoms with van der Waals surface area (Å²) in [6, 6.07) is 12.0. The first-order valence-electron chi connectivity index (χ1n) is 6.96. The van der Waals surface area contributed by atoms with Crippen LogP contribution < -0.4 is 19.5 Å². The van der Waals surface area contributed by atoms with Crippen LogP contribution in [0.5, 0.6) is 17.2 Å². The van der Waals surface area contributed by atoms with Crippen molar-refractivity contribution in [1.82, 2.24) is 0 Å². The van der Waals surface area contributed by atoms with Gasteiger partial charge in [-0.2, -0.15) is 0 Å². The second-order valence-electron chi connectivity index (χ2n) is 4.72. The molecule has 0 N–H and O–H groups in total. The second-order valence-corrected chi connectivity index (χ2v) is 5.39. The van der Waals surface area contributed by atoms with Gasteiger partial charge < -0.3 is 14.2 Å². The smallest absolute Gasteiger partial charge is 0.210 e.